The first-order valence-electron chi connectivity index (χ1n) is 41.3. The fourth-order valence-electron chi connectivity index (χ4n) is 19.4. The molecule has 0 atom stereocenters. The molecule has 0 heterocycles. The molecule has 0 saturated carbocycles. The molecule has 0 radical (unpaired) electrons. The van der Waals surface area contributed by atoms with E-state index in [-0.39, 0.29) is 10.8 Å². The number of rotatable bonds is 24. The molecule has 0 spiro atoms. The molecular formula is C108H98. The SMILES string of the molecule is CCCCCCCC1(CCCCCCC)c2cc(C#Cc3c4ccccc4c(C#Cc4ccc5c(c4)C(CCCCCCC)(CCCCCCC)c4cc(C#Cc6ccc7ccc8cccc9ccc6c7c89)ccc4-5)c4ccccc34)ccc2-c2ccc(C#Cc3ccc4ccc5cccc6ccc3c4c56)cc21. The van der Waals surface area contributed by atoms with E-state index in [4.69, 9.17) is 0 Å². The lowest BCUT2D eigenvalue weighted by Crippen LogP contribution is -2.26. The van der Waals surface area contributed by atoms with E-state index in [0.717, 1.165) is 91.7 Å². The van der Waals surface area contributed by atoms with Crippen LogP contribution in [0, 0.1) is 47.4 Å². The predicted molar refractivity (Wildman–Crippen MR) is 464 cm³/mol. The van der Waals surface area contributed by atoms with Gasteiger partial charge in [-0.2, -0.15) is 0 Å². The Morgan fingerprint density at radius 2 is 0.481 bits per heavy atom. The van der Waals surface area contributed by atoms with Crippen molar-refractivity contribution >= 4 is 86.2 Å². The highest BCUT2D eigenvalue weighted by atomic mass is 14.5. The van der Waals surface area contributed by atoms with Crippen LogP contribution in [0.2, 0.25) is 0 Å². The first-order chi connectivity index (χ1) is 53.4. The lowest BCUT2D eigenvalue weighted by Gasteiger charge is -2.33. The average molecular weight is 1400 g/mol. The Bertz CT molecular complexity index is 5680. The van der Waals surface area contributed by atoms with E-state index in [1.54, 1.807) is 0 Å². The van der Waals surface area contributed by atoms with Crippen molar-refractivity contribution in [3.8, 4) is 69.6 Å². The normalized spacial score (nSPS) is 13.0. The summed E-state index contributed by atoms with van der Waals surface area (Å²) in [5.41, 5.74) is 19.5. The summed E-state index contributed by atoms with van der Waals surface area (Å²) in [7, 11) is 0. The van der Waals surface area contributed by atoms with Crippen LogP contribution in [0.5, 0.6) is 0 Å². The molecule has 2 aliphatic rings. The summed E-state index contributed by atoms with van der Waals surface area (Å²) >= 11 is 0. The van der Waals surface area contributed by atoms with Crippen LogP contribution in [0.3, 0.4) is 0 Å². The van der Waals surface area contributed by atoms with Crippen LogP contribution in [0.15, 0.2) is 231 Å². The van der Waals surface area contributed by atoms with Crippen molar-refractivity contribution in [2.24, 2.45) is 0 Å². The molecule has 15 aromatic rings. The van der Waals surface area contributed by atoms with Crippen molar-refractivity contribution < 1.29 is 0 Å². The minimum absolute atomic E-state index is 0.147. The Morgan fingerprint density at radius 3 is 0.787 bits per heavy atom. The largest absolute Gasteiger partial charge is 0.0654 e. The molecule has 530 valence electrons. The van der Waals surface area contributed by atoms with Gasteiger partial charge in [-0.3, -0.25) is 0 Å². The number of unbranched alkanes of at least 4 members (excludes halogenated alkanes) is 16. The molecule has 108 heavy (non-hydrogen) atoms. The van der Waals surface area contributed by atoms with Crippen molar-refractivity contribution in [3.63, 3.8) is 0 Å². The predicted octanol–water partition coefficient (Wildman–Crippen LogP) is 29.4. The zero-order valence-electron chi connectivity index (χ0n) is 63.9. The maximum Gasteiger partial charge on any atom is 0.0406 e. The fraction of sp³-hybridized carbons (Fsp3) is 0.278. The minimum Gasteiger partial charge on any atom is -0.0654 e. The van der Waals surface area contributed by atoms with Gasteiger partial charge in [0.15, 0.2) is 0 Å². The summed E-state index contributed by atoms with van der Waals surface area (Å²) in [6.07, 6.45) is 29.4. The van der Waals surface area contributed by atoms with Crippen molar-refractivity contribution in [3.05, 3.63) is 297 Å². The Hall–Kier alpha value is -10.9. The van der Waals surface area contributed by atoms with Gasteiger partial charge in [0.05, 0.1) is 0 Å². The van der Waals surface area contributed by atoms with Gasteiger partial charge in [-0.05, 0) is 217 Å². The van der Waals surface area contributed by atoms with Crippen LogP contribution < -0.4 is 0 Å². The Balaban J connectivity index is 0.727. The van der Waals surface area contributed by atoms with Gasteiger partial charge in [-0.15, -0.1) is 0 Å². The Labute approximate surface area is 641 Å². The van der Waals surface area contributed by atoms with E-state index in [2.05, 4.69) is 306 Å². The summed E-state index contributed by atoms with van der Waals surface area (Å²) in [4.78, 5) is 0. The van der Waals surface area contributed by atoms with Crippen LogP contribution in [0.25, 0.3) is 108 Å². The first kappa shape index (κ1) is 70.1. The molecule has 0 nitrogen and oxygen atoms in total. The third-order valence-electron chi connectivity index (χ3n) is 24.9. The van der Waals surface area contributed by atoms with Gasteiger partial charge in [-0.25, -0.2) is 0 Å². The van der Waals surface area contributed by atoms with Crippen LogP contribution in [-0.4, -0.2) is 0 Å². The highest BCUT2D eigenvalue weighted by Crippen LogP contribution is 2.57. The summed E-state index contributed by atoms with van der Waals surface area (Å²) in [6.45, 7) is 9.31. The fourth-order valence-corrected chi connectivity index (χ4v) is 19.4. The first-order valence-corrected chi connectivity index (χ1v) is 41.3. The zero-order chi connectivity index (χ0) is 73.0. The molecule has 0 aromatic heterocycles. The average Bonchev–Trinajstić information content (AvgIpc) is 1.54. The van der Waals surface area contributed by atoms with Crippen molar-refractivity contribution in [2.75, 3.05) is 0 Å². The second-order valence-corrected chi connectivity index (χ2v) is 31.6. The monoisotopic (exact) mass is 1390 g/mol. The topological polar surface area (TPSA) is 0 Å². The molecule has 0 heteroatoms. The number of hydrogen-bond donors (Lipinski definition) is 0. The zero-order valence-corrected chi connectivity index (χ0v) is 63.9. The van der Waals surface area contributed by atoms with Gasteiger partial charge in [0.1, 0.15) is 0 Å². The smallest absolute Gasteiger partial charge is 0.0406 e. The van der Waals surface area contributed by atoms with Gasteiger partial charge in [-0.1, -0.05) is 373 Å². The lowest BCUT2D eigenvalue weighted by molar-refractivity contribution is 0.399. The van der Waals surface area contributed by atoms with E-state index in [1.807, 2.05) is 0 Å². The molecule has 0 N–H and O–H groups in total. The summed E-state index contributed by atoms with van der Waals surface area (Å²) < 4.78 is 0. The van der Waals surface area contributed by atoms with Crippen molar-refractivity contribution in [1.82, 2.24) is 0 Å². The van der Waals surface area contributed by atoms with E-state index in [1.165, 1.54) is 238 Å². The third kappa shape index (κ3) is 13.2. The Kier molecular flexibility index (Phi) is 20.2. The van der Waals surface area contributed by atoms with E-state index in [0.29, 0.717) is 0 Å². The summed E-state index contributed by atoms with van der Waals surface area (Å²) in [5.74, 6) is 30.6. The van der Waals surface area contributed by atoms with Crippen molar-refractivity contribution in [1.29, 1.82) is 0 Å². The molecule has 0 fully saturated rings. The molecule has 2 aliphatic carbocycles. The number of benzene rings is 15. The van der Waals surface area contributed by atoms with Gasteiger partial charge in [0, 0.05) is 55.3 Å². The lowest BCUT2D eigenvalue weighted by atomic mass is 9.70. The number of fused-ring (bicyclic) bond motifs is 8. The van der Waals surface area contributed by atoms with E-state index < -0.39 is 0 Å². The molecule has 0 bridgehead atoms. The second kappa shape index (κ2) is 31.2. The highest BCUT2D eigenvalue weighted by Gasteiger charge is 2.44. The molecule has 0 saturated heterocycles. The van der Waals surface area contributed by atoms with Crippen LogP contribution in [0.1, 0.15) is 249 Å². The molecule has 0 aliphatic heterocycles. The molecule has 15 aromatic carbocycles. The molecular weight excluding hydrogens is 1300 g/mol. The maximum absolute atomic E-state index is 3.90. The standard InChI is InChI=1S/C108H98/c1-5-9-13-17-25-67-107(68-26-18-14-10-6-2)99-71-75(39-47-79-49-51-85-55-53-81-31-29-33-83-57-65-87(79)105(85)103(81)83)43-61-95(99)97-63-45-77(73-101(97)107)41-59-93-89-35-21-23-37-91(89)94(92-38-24-22-36-90(92)93)60-42-78-46-64-98-96-62-44-76(40-48-80-50-52-86-56-54-82-32-30-34-84-58-66-88(80)106(86)104(82)84)72-100(96)108(102(98)74-78,69-27-19-15-11-7-3)70-28-20-16-12-8-4/h21-24,29-38,43-46,49-58,61-66,71-74H,5-20,25-28,67-70H2,1-4H3. The number of hydrogen-bond acceptors (Lipinski definition) is 0. The Morgan fingerprint density at radius 1 is 0.213 bits per heavy atom. The quantitative estimate of drug-likeness (QED) is 0.0245. The van der Waals surface area contributed by atoms with Gasteiger partial charge < -0.3 is 0 Å². The van der Waals surface area contributed by atoms with Crippen LogP contribution in [-0.2, 0) is 10.8 Å². The van der Waals surface area contributed by atoms with Gasteiger partial charge >= 0.3 is 0 Å². The summed E-state index contributed by atoms with van der Waals surface area (Å²) in [5, 5.41) is 20.0. The molecule has 0 unspecified atom stereocenters. The van der Waals surface area contributed by atoms with Crippen LogP contribution >= 0.6 is 0 Å². The van der Waals surface area contributed by atoms with Crippen molar-refractivity contribution in [2.45, 2.75) is 193 Å². The maximum atomic E-state index is 3.90. The molecule has 0 amide bonds. The molecule has 17 rings (SSSR count). The van der Waals surface area contributed by atoms with Crippen LogP contribution in [0.4, 0.5) is 0 Å². The second-order valence-electron chi connectivity index (χ2n) is 31.6. The van der Waals surface area contributed by atoms with Gasteiger partial charge in [0.25, 0.3) is 0 Å². The highest BCUT2D eigenvalue weighted by molar-refractivity contribution is 6.25. The van der Waals surface area contributed by atoms with E-state index in [9.17, 15) is 0 Å². The van der Waals surface area contributed by atoms with E-state index >= 15 is 0 Å². The summed E-state index contributed by atoms with van der Waals surface area (Å²) in [6, 6.07) is 87.1. The van der Waals surface area contributed by atoms with Gasteiger partial charge in [0.2, 0.25) is 0 Å². The minimum atomic E-state index is -0.147. The third-order valence-corrected chi connectivity index (χ3v) is 24.9.